The van der Waals surface area contributed by atoms with E-state index in [4.69, 9.17) is 4.99 Å². The van der Waals surface area contributed by atoms with Crippen LogP contribution in [0.3, 0.4) is 0 Å². The zero-order valence-electron chi connectivity index (χ0n) is 12.9. The summed E-state index contributed by atoms with van der Waals surface area (Å²) in [5.74, 6) is 2.63. The van der Waals surface area contributed by atoms with E-state index in [9.17, 15) is 8.42 Å². The Hall–Kier alpha value is -0.780. The predicted molar refractivity (Wildman–Crippen MR) is 85.2 cm³/mol. The average molecular weight is 313 g/mol. The molecule has 5 nitrogen and oxygen atoms in total. The van der Waals surface area contributed by atoms with Crippen LogP contribution in [0.2, 0.25) is 0 Å². The van der Waals surface area contributed by atoms with Crippen LogP contribution in [0.15, 0.2) is 4.99 Å². The molecule has 2 heterocycles. The SMILES string of the molecule is CC1CCCN(C(=NCC2CCS(=O)(=O)C2)NC2CC2)C1. The molecule has 2 saturated heterocycles. The lowest BCUT2D eigenvalue weighted by atomic mass is 10.0. The molecule has 2 unspecified atom stereocenters. The van der Waals surface area contributed by atoms with E-state index in [0.717, 1.165) is 31.4 Å². The third kappa shape index (κ3) is 4.34. The van der Waals surface area contributed by atoms with E-state index in [2.05, 4.69) is 17.1 Å². The molecule has 0 aromatic carbocycles. The second kappa shape index (κ2) is 6.15. The van der Waals surface area contributed by atoms with Gasteiger partial charge in [0.15, 0.2) is 15.8 Å². The van der Waals surface area contributed by atoms with E-state index in [0.29, 0.717) is 24.1 Å². The van der Waals surface area contributed by atoms with Crippen molar-refractivity contribution in [2.75, 3.05) is 31.1 Å². The summed E-state index contributed by atoms with van der Waals surface area (Å²) in [5, 5.41) is 3.55. The highest BCUT2D eigenvalue weighted by Crippen LogP contribution is 2.22. The monoisotopic (exact) mass is 313 g/mol. The maximum absolute atomic E-state index is 11.5. The largest absolute Gasteiger partial charge is 0.354 e. The summed E-state index contributed by atoms with van der Waals surface area (Å²) >= 11 is 0. The third-order valence-corrected chi connectivity index (χ3v) is 6.53. The van der Waals surface area contributed by atoms with Crippen LogP contribution >= 0.6 is 0 Å². The van der Waals surface area contributed by atoms with Crippen molar-refractivity contribution in [2.45, 2.75) is 45.1 Å². The van der Waals surface area contributed by atoms with Crippen LogP contribution < -0.4 is 5.32 Å². The van der Waals surface area contributed by atoms with Crippen LogP contribution in [0.5, 0.6) is 0 Å². The molecule has 2 atom stereocenters. The maximum Gasteiger partial charge on any atom is 0.194 e. The normalized spacial score (nSPS) is 33.2. The van der Waals surface area contributed by atoms with Gasteiger partial charge in [0.2, 0.25) is 0 Å². The molecule has 0 bridgehead atoms. The molecule has 0 aromatic heterocycles. The second-order valence-corrected chi connectivity index (χ2v) is 9.27. The molecule has 1 saturated carbocycles. The molecule has 0 radical (unpaired) electrons. The first-order chi connectivity index (χ1) is 10.0. The highest BCUT2D eigenvalue weighted by Gasteiger charge is 2.29. The predicted octanol–water partition coefficient (Wildman–Crippen LogP) is 1.26. The average Bonchev–Trinajstić information content (AvgIpc) is 3.18. The molecule has 3 rings (SSSR count). The molecule has 1 aliphatic carbocycles. The summed E-state index contributed by atoms with van der Waals surface area (Å²) < 4.78 is 23.1. The fraction of sp³-hybridized carbons (Fsp3) is 0.933. The quantitative estimate of drug-likeness (QED) is 0.629. The Bertz CT molecular complexity index is 499. The van der Waals surface area contributed by atoms with Crippen molar-refractivity contribution in [3.8, 4) is 0 Å². The Morgan fingerprint density at radius 2 is 2.10 bits per heavy atom. The van der Waals surface area contributed by atoms with Crippen LogP contribution in [0, 0.1) is 11.8 Å². The van der Waals surface area contributed by atoms with Crippen molar-refractivity contribution >= 4 is 15.8 Å². The number of sulfone groups is 1. The summed E-state index contributed by atoms with van der Waals surface area (Å²) in [7, 11) is -2.79. The maximum atomic E-state index is 11.5. The van der Waals surface area contributed by atoms with Crippen LogP contribution in [0.25, 0.3) is 0 Å². The summed E-state index contributed by atoms with van der Waals surface area (Å²) in [6.45, 7) is 5.09. The van der Waals surface area contributed by atoms with E-state index in [1.165, 1.54) is 25.7 Å². The first-order valence-corrected chi connectivity index (χ1v) is 10.1. The van der Waals surface area contributed by atoms with Gasteiger partial charge >= 0.3 is 0 Å². The Morgan fingerprint density at radius 1 is 1.29 bits per heavy atom. The Labute approximate surface area is 128 Å². The van der Waals surface area contributed by atoms with Gasteiger partial charge < -0.3 is 10.2 Å². The smallest absolute Gasteiger partial charge is 0.194 e. The van der Waals surface area contributed by atoms with Gasteiger partial charge in [-0.25, -0.2) is 8.42 Å². The number of nitrogens with one attached hydrogen (secondary N) is 1. The lowest BCUT2D eigenvalue weighted by Gasteiger charge is -2.34. The minimum atomic E-state index is -2.79. The van der Waals surface area contributed by atoms with E-state index in [1.807, 2.05) is 0 Å². The number of likely N-dealkylation sites (tertiary alicyclic amines) is 1. The Morgan fingerprint density at radius 3 is 2.71 bits per heavy atom. The summed E-state index contributed by atoms with van der Waals surface area (Å²) in [6.07, 6.45) is 5.78. The first kappa shape index (κ1) is 15.1. The molecule has 3 aliphatic rings. The number of nitrogens with zero attached hydrogens (tertiary/aromatic N) is 2. The van der Waals surface area contributed by atoms with Gasteiger partial charge in [-0.1, -0.05) is 6.92 Å². The number of hydrogen-bond donors (Lipinski definition) is 1. The van der Waals surface area contributed by atoms with Gasteiger partial charge in [-0.3, -0.25) is 4.99 Å². The van der Waals surface area contributed by atoms with Crippen LogP contribution in [-0.2, 0) is 9.84 Å². The highest BCUT2D eigenvalue weighted by molar-refractivity contribution is 7.91. The van der Waals surface area contributed by atoms with E-state index < -0.39 is 9.84 Å². The second-order valence-electron chi connectivity index (χ2n) is 7.05. The topological polar surface area (TPSA) is 61.8 Å². The standard InChI is InChI=1S/C15H27N3O2S/c1-12-3-2-7-18(10-12)15(17-14-4-5-14)16-9-13-6-8-21(19,20)11-13/h12-14H,2-11H2,1H3,(H,16,17). The fourth-order valence-electron chi connectivity index (χ4n) is 3.26. The van der Waals surface area contributed by atoms with Gasteiger partial charge in [0.05, 0.1) is 11.5 Å². The Kier molecular flexibility index (Phi) is 4.43. The molecule has 2 aliphatic heterocycles. The lowest BCUT2D eigenvalue weighted by Crippen LogP contribution is -2.47. The van der Waals surface area contributed by atoms with Gasteiger partial charge in [0, 0.05) is 25.7 Å². The molecule has 1 N–H and O–H groups in total. The number of piperidine rings is 1. The van der Waals surface area contributed by atoms with E-state index in [-0.39, 0.29) is 5.92 Å². The number of rotatable bonds is 3. The number of hydrogen-bond acceptors (Lipinski definition) is 3. The Balaban J connectivity index is 1.62. The van der Waals surface area contributed by atoms with Crippen molar-refractivity contribution in [1.82, 2.24) is 10.2 Å². The van der Waals surface area contributed by atoms with Crippen molar-refractivity contribution in [2.24, 2.45) is 16.8 Å². The van der Waals surface area contributed by atoms with Crippen molar-refractivity contribution < 1.29 is 8.42 Å². The van der Waals surface area contributed by atoms with Crippen LogP contribution in [0.4, 0.5) is 0 Å². The number of aliphatic imine (C=N–C) groups is 1. The summed E-state index contributed by atoms with van der Waals surface area (Å²) in [5.41, 5.74) is 0. The van der Waals surface area contributed by atoms with Gasteiger partial charge in [-0.15, -0.1) is 0 Å². The number of guanidine groups is 1. The lowest BCUT2D eigenvalue weighted by molar-refractivity contribution is 0.265. The van der Waals surface area contributed by atoms with E-state index in [1.54, 1.807) is 0 Å². The van der Waals surface area contributed by atoms with Gasteiger partial charge in [-0.2, -0.15) is 0 Å². The van der Waals surface area contributed by atoms with Gasteiger partial charge in [-0.05, 0) is 43.9 Å². The molecule has 0 aromatic rings. The van der Waals surface area contributed by atoms with Crippen LogP contribution in [-0.4, -0.2) is 56.5 Å². The molecular formula is C15H27N3O2S. The van der Waals surface area contributed by atoms with Crippen molar-refractivity contribution in [3.63, 3.8) is 0 Å². The van der Waals surface area contributed by atoms with Crippen molar-refractivity contribution in [1.29, 1.82) is 0 Å². The minimum Gasteiger partial charge on any atom is -0.354 e. The molecular weight excluding hydrogens is 286 g/mol. The molecule has 3 fully saturated rings. The zero-order chi connectivity index (χ0) is 14.9. The van der Waals surface area contributed by atoms with Crippen LogP contribution in [0.1, 0.15) is 39.0 Å². The van der Waals surface area contributed by atoms with Gasteiger partial charge in [0.25, 0.3) is 0 Å². The third-order valence-electron chi connectivity index (χ3n) is 4.69. The molecule has 21 heavy (non-hydrogen) atoms. The molecule has 120 valence electrons. The zero-order valence-corrected chi connectivity index (χ0v) is 13.7. The molecule has 0 amide bonds. The summed E-state index contributed by atoms with van der Waals surface area (Å²) in [4.78, 5) is 7.15. The molecule has 6 heteroatoms. The minimum absolute atomic E-state index is 0.216. The first-order valence-electron chi connectivity index (χ1n) is 8.28. The summed E-state index contributed by atoms with van der Waals surface area (Å²) in [6, 6.07) is 0.591. The van der Waals surface area contributed by atoms with E-state index >= 15 is 0 Å². The fourth-order valence-corrected chi connectivity index (χ4v) is 5.11. The molecule has 0 spiro atoms. The van der Waals surface area contributed by atoms with Gasteiger partial charge in [0.1, 0.15) is 0 Å². The van der Waals surface area contributed by atoms with Crippen molar-refractivity contribution in [3.05, 3.63) is 0 Å². The highest BCUT2D eigenvalue weighted by atomic mass is 32.2.